The van der Waals surface area contributed by atoms with Crippen molar-refractivity contribution in [2.45, 2.75) is 18.6 Å². The van der Waals surface area contributed by atoms with E-state index in [2.05, 4.69) is 25.9 Å². The van der Waals surface area contributed by atoms with Crippen molar-refractivity contribution in [1.29, 1.82) is 0 Å². The number of ether oxygens (including phenoxy) is 1. The van der Waals surface area contributed by atoms with Crippen molar-refractivity contribution in [3.05, 3.63) is 71.7 Å². The van der Waals surface area contributed by atoms with Gasteiger partial charge in [0.05, 0.1) is 31.3 Å². The van der Waals surface area contributed by atoms with E-state index in [4.69, 9.17) is 4.74 Å². The standard InChI is InChI=1S/C21H20FN7O2S/c1-14-3-6-16(22)11-18(14)29-21(25-26-27-29)32-13-20(30)24-19-9-10-23-28(19)12-15-4-7-17(31-2)8-5-15/h3-11H,12-13H2,1-2H3,(H,24,30). The third-order valence-electron chi connectivity index (χ3n) is 4.65. The highest BCUT2D eigenvalue weighted by Gasteiger charge is 2.15. The van der Waals surface area contributed by atoms with Crippen molar-refractivity contribution >= 4 is 23.5 Å². The van der Waals surface area contributed by atoms with Gasteiger partial charge in [0.2, 0.25) is 11.1 Å². The van der Waals surface area contributed by atoms with E-state index in [0.29, 0.717) is 23.2 Å². The Bertz CT molecular complexity index is 1220. The molecule has 0 aliphatic carbocycles. The number of anilines is 1. The molecular formula is C21H20FN7O2S. The van der Waals surface area contributed by atoms with Crippen LogP contribution in [0.3, 0.4) is 0 Å². The number of aryl methyl sites for hydroxylation is 1. The number of tetrazole rings is 1. The fourth-order valence-corrected chi connectivity index (χ4v) is 3.69. The number of halogens is 1. The number of thioether (sulfide) groups is 1. The Morgan fingerprint density at radius 2 is 2.00 bits per heavy atom. The van der Waals surface area contributed by atoms with Crippen LogP contribution >= 0.6 is 11.8 Å². The summed E-state index contributed by atoms with van der Waals surface area (Å²) >= 11 is 1.16. The minimum atomic E-state index is -0.389. The number of benzene rings is 2. The zero-order valence-corrected chi connectivity index (χ0v) is 18.2. The highest BCUT2D eigenvalue weighted by atomic mass is 32.2. The van der Waals surface area contributed by atoms with E-state index in [0.717, 1.165) is 28.6 Å². The van der Waals surface area contributed by atoms with Gasteiger partial charge in [0, 0.05) is 6.07 Å². The van der Waals surface area contributed by atoms with Crippen LogP contribution < -0.4 is 10.1 Å². The van der Waals surface area contributed by atoms with Gasteiger partial charge in [-0.3, -0.25) is 4.79 Å². The smallest absolute Gasteiger partial charge is 0.235 e. The predicted octanol–water partition coefficient (Wildman–Crippen LogP) is 3.09. The average Bonchev–Trinajstić information content (AvgIpc) is 3.44. The highest BCUT2D eigenvalue weighted by molar-refractivity contribution is 7.99. The first-order valence-electron chi connectivity index (χ1n) is 9.66. The summed E-state index contributed by atoms with van der Waals surface area (Å²) < 4.78 is 22.0. The maximum Gasteiger partial charge on any atom is 0.235 e. The number of methoxy groups -OCH3 is 1. The van der Waals surface area contributed by atoms with Crippen molar-refractivity contribution in [2.24, 2.45) is 0 Å². The summed E-state index contributed by atoms with van der Waals surface area (Å²) in [5, 5.41) is 19.1. The number of aromatic nitrogens is 6. The lowest BCUT2D eigenvalue weighted by molar-refractivity contribution is -0.113. The van der Waals surface area contributed by atoms with Gasteiger partial charge in [-0.15, -0.1) is 5.10 Å². The van der Waals surface area contributed by atoms with Gasteiger partial charge in [0.15, 0.2) is 0 Å². The Kier molecular flexibility index (Phi) is 6.45. The number of nitrogens with one attached hydrogen (secondary N) is 1. The van der Waals surface area contributed by atoms with Crippen molar-refractivity contribution in [3.8, 4) is 11.4 Å². The second-order valence-electron chi connectivity index (χ2n) is 6.86. The maximum atomic E-state index is 13.7. The van der Waals surface area contributed by atoms with Crippen molar-refractivity contribution in [3.63, 3.8) is 0 Å². The van der Waals surface area contributed by atoms with Crippen molar-refractivity contribution < 1.29 is 13.9 Å². The normalized spacial score (nSPS) is 10.8. The van der Waals surface area contributed by atoms with Gasteiger partial charge >= 0.3 is 0 Å². The third-order valence-corrected chi connectivity index (χ3v) is 5.57. The second kappa shape index (κ2) is 9.60. The number of carbonyl (C=O) groups is 1. The van der Waals surface area contributed by atoms with Crippen molar-refractivity contribution in [2.75, 3.05) is 18.2 Å². The molecule has 0 saturated carbocycles. The first-order chi connectivity index (χ1) is 15.5. The van der Waals surface area contributed by atoms with Gasteiger partial charge in [0.1, 0.15) is 17.4 Å². The molecule has 0 fully saturated rings. The van der Waals surface area contributed by atoms with Crippen LogP contribution in [0.15, 0.2) is 59.9 Å². The lowest BCUT2D eigenvalue weighted by atomic mass is 10.2. The average molecular weight is 454 g/mol. The molecule has 1 amide bonds. The Morgan fingerprint density at radius 1 is 1.19 bits per heavy atom. The third kappa shape index (κ3) is 4.94. The number of carbonyl (C=O) groups excluding carboxylic acids is 1. The Morgan fingerprint density at radius 3 is 2.78 bits per heavy atom. The summed E-state index contributed by atoms with van der Waals surface area (Å²) in [6.45, 7) is 2.33. The summed E-state index contributed by atoms with van der Waals surface area (Å²) in [5.74, 6) is 0.794. The molecule has 1 N–H and O–H groups in total. The first-order valence-corrected chi connectivity index (χ1v) is 10.6. The summed E-state index contributed by atoms with van der Waals surface area (Å²) in [4.78, 5) is 12.5. The zero-order chi connectivity index (χ0) is 22.5. The number of amides is 1. The fraction of sp³-hybridized carbons (Fsp3) is 0.190. The molecule has 0 saturated heterocycles. The Labute approximate surface area is 187 Å². The van der Waals surface area contributed by atoms with E-state index in [-0.39, 0.29) is 17.5 Å². The topological polar surface area (TPSA) is 99.8 Å². The minimum absolute atomic E-state index is 0.0719. The van der Waals surface area contributed by atoms with Crippen LogP contribution in [-0.2, 0) is 11.3 Å². The fourth-order valence-electron chi connectivity index (χ4n) is 3.01. The molecule has 2 aromatic carbocycles. The maximum absolute atomic E-state index is 13.7. The monoisotopic (exact) mass is 453 g/mol. The van der Waals surface area contributed by atoms with Crippen LogP contribution in [0.4, 0.5) is 10.2 Å². The highest BCUT2D eigenvalue weighted by Crippen LogP contribution is 2.22. The Balaban J connectivity index is 1.39. The molecule has 164 valence electrons. The van der Waals surface area contributed by atoms with Crippen LogP contribution in [0.5, 0.6) is 5.75 Å². The van der Waals surface area contributed by atoms with E-state index in [9.17, 15) is 9.18 Å². The molecular weight excluding hydrogens is 433 g/mol. The van der Waals surface area contributed by atoms with E-state index in [1.54, 1.807) is 30.1 Å². The van der Waals surface area contributed by atoms with E-state index < -0.39 is 0 Å². The molecule has 11 heteroatoms. The molecule has 4 aromatic rings. The molecule has 32 heavy (non-hydrogen) atoms. The summed E-state index contributed by atoms with van der Waals surface area (Å²) in [7, 11) is 1.62. The van der Waals surface area contributed by atoms with E-state index in [1.165, 1.54) is 16.8 Å². The SMILES string of the molecule is COc1ccc(Cn2nccc2NC(=O)CSc2nnnn2-c2cc(F)ccc2C)cc1. The molecule has 0 bridgehead atoms. The summed E-state index contributed by atoms with van der Waals surface area (Å²) in [6, 6.07) is 13.7. The van der Waals surface area contributed by atoms with E-state index >= 15 is 0 Å². The molecule has 9 nitrogen and oxygen atoms in total. The van der Waals surface area contributed by atoms with Gasteiger partial charge in [-0.25, -0.2) is 9.07 Å². The van der Waals surface area contributed by atoms with Gasteiger partial charge in [-0.1, -0.05) is 30.0 Å². The van der Waals surface area contributed by atoms with Crippen molar-refractivity contribution in [1.82, 2.24) is 30.0 Å². The largest absolute Gasteiger partial charge is 0.497 e. The second-order valence-corrected chi connectivity index (χ2v) is 7.81. The molecule has 0 aliphatic rings. The lowest BCUT2D eigenvalue weighted by Crippen LogP contribution is -2.18. The first kappa shape index (κ1) is 21.5. The van der Waals surface area contributed by atoms with Gasteiger partial charge in [-0.2, -0.15) is 9.78 Å². The molecule has 0 spiro atoms. The molecule has 0 atom stereocenters. The summed E-state index contributed by atoms with van der Waals surface area (Å²) in [6.07, 6.45) is 1.62. The van der Waals surface area contributed by atoms with Crippen LogP contribution in [0.1, 0.15) is 11.1 Å². The molecule has 0 radical (unpaired) electrons. The van der Waals surface area contributed by atoms with E-state index in [1.807, 2.05) is 31.2 Å². The molecule has 4 rings (SSSR count). The summed E-state index contributed by atoms with van der Waals surface area (Å²) in [5.41, 5.74) is 2.35. The van der Waals surface area contributed by atoms with Gasteiger partial charge in [-0.05, 0) is 52.7 Å². The minimum Gasteiger partial charge on any atom is -0.497 e. The predicted molar refractivity (Wildman–Crippen MR) is 118 cm³/mol. The number of hydrogen-bond donors (Lipinski definition) is 1. The van der Waals surface area contributed by atoms with Crippen LogP contribution in [-0.4, -0.2) is 48.8 Å². The quantitative estimate of drug-likeness (QED) is 0.409. The number of nitrogens with zero attached hydrogens (tertiary/aromatic N) is 6. The lowest BCUT2D eigenvalue weighted by Gasteiger charge is -2.10. The zero-order valence-electron chi connectivity index (χ0n) is 17.4. The van der Waals surface area contributed by atoms with Gasteiger partial charge in [0.25, 0.3) is 0 Å². The van der Waals surface area contributed by atoms with Crippen LogP contribution in [0.25, 0.3) is 5.69 Å². The van der Waals surface area contributed by atoms with Gasteiger partial charge < -0.3 is 10.1 Å². The number of rotatable bonds is 8. The van der Waals surface area contributed by atoms with Crippen LogP contribution in [0.2, 0.25) is 0 Å². The Hall–Kier alpha value is -3.73. The number of hydrogen-bond acceptors (Lipinski definition) is 7. The molecule has 2 heterocycles. The molecule has 0 unspecified atom stereocenters. The molecule has 2 aromatic heterocycles. The van der Waals surface area contributed by atoms with Crippen LogP contribution in [0, 0.1) is 12.7 Å². The molecule has 0 aliphatic heterocycles.